The van der Waals surface area contributed by atoms with Crippen molar-refractivity contribution in [2.24, 2.45) is 5.92 Å². The number of hydrogen-bond acceptors (Lipinski definition) is 2. The van der Waals surface area contributed by atoms with Gasteiger partial charge in [0.2, 0.25) is 0 Å². The van der Waals surface area contributed by atoms with E-state index in [2.05, 4.69) is 40.4 Å². The molecule has 0 aromatic carbocycles. The Morgan fingerprint density at radius 1 is 1.12 bits per heavy atom. The van der Waals surface area contributed by atoms with E-state index >= 15 is 0 Å². The third-order valence-corrected chi connectivity index (χ3v) is 4.90. The molecule has 0 amide bonds. The van der Waals surface area contributed by atoms with E-state index in [0.717, 1.165) is 12.0 Å². The number of hydrogen-bond donors (Lipinski definition) is 0. The molecule has 3 atom stereocenters. The number of allylic oxidation sites excluding steroid dienone is 1. The van der Waals surface area contributed by atoms with Gasteiger partial charge in [-0.3, -0.25) is 4.90 Å². The summed E-state index contributed by atoms with van der Waals surface area (Å²) in [6.45, 7) is 2.67. The van der Waals surface area contributed by atoms with Gasteiger partial charge in [-0.05, 0) is 50.4 Å². The summed E-state index contributed by atoms with van der Waals surface area (Å²) >= 11 is 0. The van der Waals surface area contributed by atoms with Crippen molar-refractivity contribution in [2.75, 3.05) is 13.1 Å². The van der Waals surface area contributed by atoms with Crippen molar-refractivity contribution in [3.05, 3.63) is 36.2 Å². The number of rotatable bonds is 1. The maximum Gasteiger partial charge on any atom is 0.0551 e. The van der Waals surface area contributed by atoms with Crippen LogP contribution >= 0.6 is 0 Å². The predicted octanol–water partition coefficient (Wildman–Crippen LogP) is 2.51. The first-order valence-electron chi connectivity index (χ1n) is 7.00. The molecule has 90 valence electrons. The van der Waals surface area contributed by atoms with E-state index in [1.165, 1.54) is 38.8 Å². The molecule has 17 heavy (non-hydrogen) atoms. The van der Waals surface area contributed by atoms with Crippen molar-refractivity contribution in [3.63, 3.8) is 0 Å². The van der Waals surface area contributed by atoms with Gasteiger partial charge in [0, 0.05) is 24.4 Å². The first-order chi connectivity index (χ1) is 8.42. The monoisotopic (exact) mass is 228 g/mol. The molecule has 2 heteroatoms. The molecule has 2 nitrogen and oxygen atoms in total. The molecule has 0 N–H and O–H groups in total. The third kappa shape index (κ3) is 1.50. The first kappa shape index (κ1) is 9.95. The van der Waals surface area contributed by atoms with Crippen LogP contribution in [0, 0.1) is 5.92 Å². The highest BCUT2D eigenvalue weighted by Crippen LogP contribution is 2.39. The van der Waals surface area contributed by atoms with Crippen molar-refractivity contribution >= 4 is 0 Å². The van der Waals surface area contributed by atoms with Gasteiger partial charge in [-0.2, -0.15) is 0 Å². The van der Waals surface area contributed by atoms with Gasteiger partial charge in [0.05, 0.1) is 6.04 Å². The molecule has 2 fully saturated rings. The second-order valence-corrected chi connectivity index (χ2v) is 5.76. The van der Waals surface area contributed by atoms with E-state index in [4.69, 9.17) is 0 Å². The summed E-state index contributed by atoms with van der Waals surface area (Å²) < 4.78 is 0. The predicted molar refractivity (Wildman–Crippen MR) is 69.3 cm³/mol. The lowest BCUT2D eigenvalue weighted by atomic mass is 9.87. The maximum absolute atomic E-state index is 2.71. The molecule has 4 heterocycles. The van der Waals surface area contributed by atoms with Gasteiger partial charge in [-0.25, -0.2) is 0 Å². The summed E-state index contributed by atoms with van der Waals surface area (Å²) in [4.78, 5) is 5.05. The fraction of sp³-hybridized carbons (Fsp3) is 0.600. The van der Waals surface area contributed by atoms with Gasteiger partial charge in [-0.15, -0.1) is 0 Å². The minimum atomic E-state index is 0.616. The van der Waals surface area contributed by atoms with Gasteiger partial charge < -0.3 is 4.90 Å². The molecule has 0 bridgehead atoms. The lowest BCUT2D eigenvalue weighted by Gasteiger charge is -2.28. The van der Waals surface area contributed by atoms with Crippen LogP contribution in [0.2, 0.25) is 0 Å². The standard InChI is InChI=1S/C15H20N2/c1-3-13-11-12(5-9-16(13)7-1)14-6-10-17-8-2-4-15(14)17/h1,5,7,9,11,13-15H,2-4,6,8,10H2. The summed E-state index contributed by atoms with van der Waals surface area (Å²) in [5, 5.41) is 0. The van der Waals surface area contributed by atoms with Crippen LogP contribution in [0.3, 0.4) is 0 Å². The average molecular weight is 228 g/mol. The van der Waals surface area contributed by atoms with E-state index in [1.54, 1.807) is 5.57 Å². The molecule has 0 radical (unpaired) electrons. The number of fused-ring (bicyclic) bond motifs is 2. The Labute approximate surface area is 103 Å². The van der Waals surface area contributed by atoms with Gasteiger partial charge in [0.1, 0.15) is 0 Å². The normalized spacial score (nSPS) is 39.6. The van der Waals surface area contributed by atoms with Crippen LogP contribution in [0.5, 0.6) is 0 Å². The van der Waals surface area contributed by atoms with Crippen LogP contribution < -0.4 is 0 Å². The Morgan fingerprint density at radius 3 is 3.12 bits per heavy atom. The maximum atomic E-state index is 2.71. The first-order valence-corrected chi connectivity index (χ1v) is 7.00. The second-order valence-electron chi connectivity index (χ2n) is 5.76. The minimum Gasteiger partial charge on any atom is -0.347 e. The molecule has 0 aliphatic carbocycles. The van der Waals surface area contributed by atoms with E-state index in [9.17, 15) is 0 Å². The smallest absolute Gasteiger partial charge is 0.0551 e. The molecule has 3 unspecified atom stereocenters. The Hall–Kier alpha value is -1.02. The highest BCUT2D eigenvalue weighted by molar-refractivity contribution is 5.32. The molecule has 0 aromatic rings. The van der Waals surface area contributed by atoms with Crippen LogP contribution in [0.25, 0.3) is 0 Å². The quantitative estimate of drug-likeness (QED) is 0.680. The number of nitrogens with zero attached hydrogens (tertiary/aromatic N) is 2. The summed E-state index contributed by atoms with van der Waals surface area (Å²) in [6, 6.07) is 1.47. The van der Waals surface area contributed by atoms with E-state index in [-0.39, 0.29) is 0 Å². The van der Waals surface area contributed by atoms with Gasteiger partial charge in [0.15, 0.2) is 0 Å². The highest BCUT2D eigenvalue weighted by Gasteiger charge is 2.39. The van der Waals surface area contributed by atoms with E-state index in [0.29, 0.717) is 6.04 Å². The van der Waals surface area contributed by atoms with Crippen molar-refractivity contribution in [1.29, 1.82) is 0 Å². The molecule has 4 aliphatic heterocycles. The zero-order valence-corrected chi connectivity index (χ0v) is 10.3. The fourth-order valence-electron chi connectivity index (χ4n) is 4.04. The Morgan fingerprint density at radius 2 is 2.12 bits per heavy atom. The van der Waals surface area contributed by atoms with E-state index < -0.39 is 0 Å². The fourth-order valence-corrected chi connectivity index (χ4v) is 4.04. The SMILES string of the molecule is C1=CN2C=CC(C3CCN4CCCC34)=CC2C1. The van der Waals surface area contributed by atoms with Crippen molar-refractivity contribution in [2.45, 2.75) is 37.8 Å². The minimum absolute atomic E-state index is 0.616. The lowest BCUT2D eigenvalue weighted by molar-refractivity contribution is 0.303. The molecular formula is C15H20N2. The molecule has 2 saturated heterocycles. The largest absolute Gasteiger partial charge is 0.347 e. The molecule has 0 aromatic heterocycles. The zero-order valence-electron chi connectivity index (χ0n) is 10.3. The molecule has 0 spiro atoms. The van der Waals surface area contributed by atoms with Crippen molar-refractivity contribution < 1.29 is 0 Å². The average Bonchev–Trinajstić information content (AvgIpc) is 3.03. The third-order valence-electron chi connectivity index (χ3n) is 4.90. The summed E-state index contributed by atoms with van der Waals surface area (Å²) in [5.74, 6) is 0.816. The van der Waals surface area contributed by atoms with Gasteiger partial charge in [0.25, 0.3) is 0 Å². The van der Waals surface area contributed by atoms with E-state index in [1.807, 2.05) is 0 Å². The topological polar surface area (TPSA) is 6.48 Å². The molecular weight excluding hydrogens is 208 g/mol. The molecule has 0 saturated carbocycles. The lowest BCUT2D eigenvalue weighted by Crippen LogP contribution is -2.29. The van der Waals surface area contributed by atoms with Crippen LogP contribution in [0.4, 0.5) is 0 Å². The van der Waals surface area contributed by atoms with Crippen LogP contribution in [-0.4, -0.2) is 35.0 Å². The molecule has 4 rings (SSSR count). The van der Waals surface area contributed by atoms with Crippen molar-refractivity contribution in [1.82, 2.24) is 9.80 Å². The van der Waals surface area contributed by atoms with Crippen molar-refractivity contribution in [3.8, 4) is 0 Å². The van der Waals surface area contributed by atoms with Crippen LogP contribution in [0.1, 0.15) is 25.7 Å². The van der Waals surface area contributed by atoms with Gasteiger partial charge >= 0.3 is 0 Å². The zero-order chi connectivity index (χ0) is 11.2. The Balaban J connectivity index is 1.58. The Kier molecular flexibility index (Phi) is 2.19. The molecule has 4 aliphatic rings. The summed E-state index contributed by atoms with van der Waals surface area (Å²) in [5.41, 5.74) is 1.62. The van der Waals surface area contributed by atoms with Gasteiger partial charge in [-0.1, -0.05) is 12.2 Å². The summed E-state index contributed by atoms with van der Waals surface area (Å²) in [6.07, 6.45) is 17.1. The Bertz CT molecular complexity index is 407. The summed E-state index contributed by atoms with van der Waals surface area (Å²) in [7, 11) is 0. The van der Waals surface area contributed by atoms with Crippen LogP contribution in [0.15, 0.2) is 36.2 Å². The highest BCUT2D eigenvalue weighted by atomic mass is 15.2. The second kappa shape index (κ2) is 3.74. The van der Waals surface area contributed by atoms with Crippen LogP contribution in [-0.2, 0) is 0 Å².